The summed E-state index contributed by atoms with van der Waals surface area (Å²) in [7, 11) is 1.58. The number of benzene rings is 1. The van der Waals surface area contributed by atoms with Gasteiger partial charge in [-0.3, -0.25) is 4.79 Å². The summed E-state index contributed by atoms with van der Waals surface area (Å²) in [5, 5.41) is 11.8. The molecule has 0 aliphatic carbocycles. The van der Waals surface area contributed by atoms with Gasteiger partial charge in [0.2, 0.25) is 5.91 Å². The number of hydrogen-bond acceptors (Lipinski definition) is 3. The van der Waals surface area contributed by atoms with Crippen molar-refractivity contribution in [3.63, 3.8) is 0 Å². The monoisotopic (exact) mass is 293 g/mol. The second-order valence-electron chi connectivity index (χ2n) is 6.02. The highest BCUT2D eigenvalue weighted by molar-refractivity contribution is 5.84. The molecule has 0 heterocycles. The number of carbonyl (C=O) groups excluding carboxylic acids is 1. The van der Waals surface area contributed by atoms with E-state index in [1.807, 2.05) is 24.3 Å². The van der Waals surface area contributed by atoms with E-state index in [4.69, 9.17) is 4.74 Å². The van der Waals surface area contributed by atoms with Crippen molar-refractivity contribution in [2.75, 3.05) is 7.11 Å². The first-order valence-corrected chi connectivity index (χ1v) is 6.89. The zero-order valence-corrected chi connectivity index (χ0v) is 13.0. The van der Waals surface area contributed by atoms with Gasteiger partial charge in [0.05, 0.1) is 7.11 Å². The van der Waals surface area contributed by atoms with Crippen LogP contribution in [0.15, 0.2) is 24.3 Å². The molecule has 1 aromatic rings. The largest absolute Gasteiger partial charge is 0.496 e. The fourth-order valence-electron chi connectivity index (χ4n) is 2.04. The Morgan fingerprint density at radius 1 is 1.29 bits per heavy atom. The van der Waals surface area contributed by atoms with Gasteiger partial charge in [0.15, 0.2) is 0 Å². The van der Waals surface area contributed by atoms with Crippen LogP contribution in [-0.4, -0.2) is 30.1 Å². The third kappa shape index (κ3) is 5.10. The minimum atomic E-state index is -1.02. The number of carbonyl (C=O) groups is 2. The number of rotatable bonds is 6. The lowest BCUT2D eigenvalue weighted by Gasteiger charge is -2.27. The molecule has 0 aliphatic heterocycles. The van der Waals surface area contributed by atoms with E-state index >= 15 is 0 Å². The van der Waals surface area contributed by atoms with E-state index in [9.17, 15) is 14.7 Å². The van der Waals surface area contributed by atoms with E-state index in [-0.39, 0.29) is 12.3 Å². The van der Waals surface area contributed by atoms with Gasteiger partial charge in [0, 0.05) is 6.42 Å². The normalized spacial score (nSPS) is 12.6. The second kappa shape index (κ2) is 7.11. The molecule has 5 nitrogen and oxygen atoms in total. The fraction of sp³-hybridized carbons (Fsp3) is 0.500. The standard InChI is InChI=1S/C16H23NO4/c1-16(2,3)14(15(19)20)17-13(18)10-9-11-7-5-6-8-12(11)21-4/h5-8,14H,9-10H2,1-4H3,(H,17,18)(H,19,20)/t14-/m0/s1. The van der Waals surface area contributed by atoms with Gasteiger partial charge in [0.1, 0.15) is 11.8 Å². The Morgan fingerprint density at radius 3 is 2.43 bits per heavy atom. The molecule has 5 heteroatoms. The molecule has 1 atom stereocenters. The number of para-hydroxylation sites is 1. The van der Waals surface area contributed by atoms with Crippen molar-refractivity contribution in [2.24, 2.45) is 5.41 Å². The van der Waals surface area contributed by atoms with Gasteiger partial charge in [-0.2, -0.15) is 0 Å². The van der Waals surface area contributed by atoms with Crippen LogP contribution in [0.2, 0.25) is 0 Å². The third-order valence-electron chi connectivity index (χ3n) is 3.23. The maximum absolute atomic E-state index is 12.0. The average molecular weight is 293 g/mol. The first kappa shape index (κ1) is 17.0. The number of methoxy groups -OCH3 is 1. The highest BCUT2D eigenvalue weighted by atomic mass is 16.5. The van der Waals surface area contributed by atoms with E-state index in [1.54, 1.807) is 27.9 Å². The first-order chi connectivity index (χ1) is 9.75. The lowest BCUT2D eigenvalue weighted by Crippen LogP contribution is -2.49. The van der Waals surface area contributed by atoms with Gasteiger partial charge in [-0.05, 0) is 23.5 Å². The van der Waals surface area contributed by atoms with Crippen molar-refractivity contribution in [3.05, 3.63) is 29.8 Å². The van der Waals surface area contributed by atoms with Gasteiger partial charge in [-0.1, -0.05) is 39.0 Å². The molecule has 21 heavy (non-hydrogen) atoms. The molecule has 0 unspecified atom stereocenters. The smallest absolute Gasteiger partial charge is 0.326 e. The summed E-state index contributed by atoms with van der Waals surface area (Å²) < 4.78 is 5.23. The van der Waals surface area contributed by atoms with E-state index in [2.05, 4.69) is 5.32 Å². The van der Waals surface area contributed by atoms with Crippen molar-refractivity contribution in [2.45, 2.75) is 39.7 Å². The molecule has 0 saturated carbocycles. The highest BCUT2D eigenvalue weighted by Crippen LogP contribution is 2.21. The number of hydrogen-bond donors (Lipinski definition) is 2. The van der Waals surface area contributed by atoms with Crippen molar-refractivity contribution in [1.29, 1.82) is 0 Å². The summed E-state index contributed by atoms with van der Waals surface area (Å²) in [6, 6.07) is 6.57. The van der Waals surface area contributed by atoms with Gasteiger partial charge < -0.3 is 15.2 Å². The summed E-state index contributed by atoms with van der Waals surface area (Å²) in [4.78, 5) is 23.2. The topological polar surface area (TPSA) is 75.6 Å². The molecule has 1 aromatic carbocycles. The van der Waals surface area contributed by atoms with E-state index in [0.717, 1.165) is 11.3 Å². The molecular formula is C16H23NO4. The second-order valence-corrected chi connectivity index (χ2v) is 6.02. The first-order valence-electron chi connectivity index (χ1n) is 6.89. The summed E-state index contributed by atoms with van der Waals surface area (Å²) in [5.74, 6) is -0.563. The Kier molecular flexibility index (Phi) is 5.76. The summed E-state index contributed by atoms with van der Waals surface area (Å²) in [6.45, 7) is 5.35. The minimum absolute atomic E-state index is 0.222. The Morgan fingerprint density at radius 2 is 1.90 bits per heavy atom. The number of ether oxygens (including phenoxy) is 1. The molecule has 0 spiro atoms. The molecule has 0 radical (unpaired) electrons. The van der Waals surface area contributed by atoms with Crippen LogP contribution < -0.4 is 10.1 Å². The van der Waals surface area contributed by atoms with Gasteiger partial charge in [0.25, 0.3) is 0 Å². The van der Waals surface area contributed by atoms with Crippen LogP contribution >= 0.6 is 0 Å². The SMILES string of the molecule is COc1ccccc1CCC(=O)N[C@@H](C(=O)O)C(C)(C)C. The third-order valence-corrected chi connectivity index (χ3v) is 3.23. The molecule has 116 valence electrons. The zero-order chi connectivity index (χ0) is 16.0. The van der Waals surface area contributed by atoms with E-state index in [1.165, 1.54) is 0 Å². The quantitative estimate of drug-likeness (QED) is 0.843. The molecular weight excluding hydrogens is 270 g/mol. The Bertz CT molecular complexity index is 505. The van der Waals surface area contributed by atoms with Crippen molar-refractivity contribution >= 4 is 11.9 Å². The van der Waals surface area contributed by atoms with Gasteiger partial charge in [-0.15, -0.1) is 0 Å². The van der Waals surface area contributed by atoms with Gasteiger partial charge in [-0.25, -0.2) is 4.79 Å². The number of nitrogens with one attached hydrogen (secondary N) is 1. The lowest BCUT2D eigenvalue weighted by atomic mass is 9.86. The van der Waals surface area contributed by atoms with Crippen molar-refractivity contribution in [3.8, 4) is 5.75 Å². The van der Waals surface area contributed by atoms with Crippen LogP contribution in [0, 0.1) is 5.41 Å². The summed E-state index contributed by atoms with van der Waals surface area (Å²) >= 11 is 0. The average Bonchev–Trinajstić information content (AvgIpc) is 2.41. The number of aryl methyl sites for hydroxylation is 1. The van der Waals surface area contributed by atoms with Crippen LogP contribution in [0.5, 0.6) is 5.75 Å². The molecule has 1 rings (SSSR count). The lowest BCUT2D eigenvalue weighted by molar-refractivity contribution is -0.144. The molecule has 0 fully saturated rings. The maximum Gasteiger partial charge on any atom is 0.326 e. The minimum Gasteiger partial charge on any atom is -0.496 e. The van der Waals surface area contributed by atoms with Crippen LogP contribution in [0.1, 0.15) is 32.8 Å². The van der Waals surface area contributed by atoms with Crippen molar-refractivity contribution < 1.29 is 19.4 Å². The predicted molar refractivity (Wildman–Crippen MR) is 80.3 cm³/mol. The van der Waals surface area contributed by atoms with Crippen LogP contribution in [0.3, 0.4) is 0 Å². The zero-order valence-electron chi connectivity index (χ0n) is 13.0. The molecule has 0 aliphatic rings. The molecule has 0 bridgehead atoms. The Labute approximate surface area is 125 Å². The van der Waals surface area contributed by atoms with Gasteiger partial charge >= 0.3 is 5.97 Å². The Balaban J connectivity index is 2.63. The molecule has 0 aromatic heterocycles. The van der Waals surface area contributed by atoms with Crippen molar-refractivity contribution in [1.82, 2.24) is 5.32 Å². The Hall–Kier alpha value is -2.04. The highest BCUT2D eigenvalue weighted by Gasteiger charge is 2.32. The van der Waals surface area contributed by atoms with E-state index < -0.39 is 17.4 Å². The summed E-state index contributed by atoms with van der Waals surface area (Å²) in [5.41, 5.74) is 0.393. The van der Waals surface area contributed by atoms with Crippen LogP contribution in [-0.2, 0) is 16.0 Å². The number of carboxylic acids is 1. The molecule has 2 N–H and O–H groups in total. The van der Waals surface area contributed by atoms with Crippen LogP contribution in [0.25, 0.3) is 0 Å². The number of amides is 1. The molecule has 0 saturated heterocycles. The maximum atomic E-state index is 12.0. The number of aliphatic carboxylic acids is 1. The predicted octanol–water partition coefficient (Wildman–Crippen LogP) is 2.24. The molecule has 1 amide bonds. The number of carboxylic acid groups (broad SMARTS) is 1. The summed E-state index contributed by atoms with van der Waals surface area (Å²) in [6.07, 6.45) is 0.729. The van der Waals surface area contributed by atoms with E-state index in [0.29, 0.717) is 6.42 Å². The van der Waals surface area contributed by atoms with Crippen LogP contribution in [0.4, 0.5) is 0 Å². The fourth-order valence-corrected chi connectivity index (χ4v) is 2.04.